The average molecular weight is 452 g/mol. The number of hydrogen-bond acceptors (Lipinski definition) is 4. The van der Waals surface area contributed by atoms with Crippen molar-refractivity contribution >= 4 is 31.9 Å². The van der Waals surface area contributed by atoms with E-state index in [0.717, 1.165) is 28.4 Å². The molecular weight excluding hydrogens is 430 g/mol. The normalized spacial score (nSPS) is 16.1. The van der Waals surface area contributed by atoms with Gasteiger partial charge in [0, 0.05) is 11.0 Å². The largest absolute Gasteiger partial charge is 0.466 e. The second-order valence-corrected chi connectivity index (χ2v) is 9.24. The van der Waals surface area contributed by atoms with Gasteiger partial charge in [0.05, 0.1) is 17.9 Å². The van der Waals surface area contributed by atoms with Gasteiger partial charge in [-0.15, -0.1) is 0 Å². The van der Waals surface area contributed by atoms with Crippen LogP contribution in [0.25, 0.3) is 0 Å². The quantitative estimate of drug-likeness (QED) is 0.653. The number of aryl methyl sites for hydroxylation is 1. The molecule has 144 valence electrons. The molecule has 7 heteroatoms. The minimum Gasteiger partial charge on any atom is -0.466 e. The van der Waals surface area contributed by atoms with Crippen LogP contribution in [0.4, 0.5) is 0 Å². The Balaban J connectivity index is 1.65. The fourth-order valence-corrected chi connectivity index (χ4v) is 4.71. The highest BCUT2D eigenvalue weighted by atomic mass is 79.9. The number of benzene rings is 2. The number of carbonyl (C=O) groups excluding carboxylic acids is 1. The van der Waals surface area contributed by atoms with Crippen LogP contribution in [0.1, 0.15) is 36.0 Å². The van der Waals surface area contributed by atoms with Crippen molar-refractivity contribution in [3.8, 4) is 0 Å². The van der Waals surface area contributed by atoms with Gasteiger partial charge in [-0.2, -0.15) is 0 Å². The highest BCUT2D eigenvalue weighted by Crippen LogP contribution is 2.33. The third-order valence-electron chi connectivity index (χ3n) is 4.71. The molecule has 0 aromatic heterocycles. The van der Waals surface area contributed by atoms with Gasteiger partial charge in [-0.05, 0) is 66.6 Å². The smallest absolute Gasteiger partial charge is 0.310 e. The summed E-state index contributed by atoms with van der Waals surface area (Å²) in [6.45, 7) is 2.54. The molecule has 27 heavy (non-hydrogen) atoms. The fraction of sp³-hybridized carbons (Fsp3) is 0.350. The van der Waals surface area contributed by atoms with Crippen LogP contribution in [0, 0.1) is 0 Å². The Morgan fingerprint density at radius 3 is 2.67 bits per heavy atom. The monoisotopic (exact) mass is 451 g/mol. The summed E-state index contributed by atoms with van der Waals surface area (Å²) in [5.74, 6) is -0.0869. The summed E-state index contributed by atoms with van der Waals surface area (Å²) in [4.78, 5) is 11.9. The van der Waals surface area contributed by atoms with Crippen molar-refractivity contribution < 1.29 is 17.9 Å². The number of ether oxygens (including phenoxy) is 1. The molecule has 1 atom stereocenters. The molecule has 0 bridgehead atoms. The molecule has 1 aliphatic carbocycles. The minimum absolute atomic E-state index is 0.141. The van der Waals surface area contributed by atoms with Crippen molar-refractivity contribution in [2.75, 3.05) is 13.2 Å². The minimum atomic E-state index is -3.53. The molecule has 1 aliphatic rings. The molecule has 0 fully saturated rings. The SMILES string of the molecule is CCOC(=O)Cc1ccc2c(c1)CCC2CNS(=O)(=O)c1ccc(Br)cc1. The Kier molecular flexibility index (Phi) is 6.34. The maximum atomic E-state index is 12.5. The van der Waals surface area contributed by atoms with Gasteiger partial charge in [0.25, 0.3) is 0 Å². The molecule has 0 amide bonds. The molecule has 0 heterocycles. The van der Waals surface area contributed by atoms with E-state index in [4.69, 9.17) is 4.74 Å². The lowest BCUT2D eigenvalue weighted by Gasteiger charge is -2.14. The summed E-state index contributed by atoms with van der Waals surface area (Å²) in [6.07, 6.45) is 2.04. The van der Waals surface area contributed by atoms with Crippen LogP contribution >= 0.6 is 15.9 Å². The third-order valence-corrected chi connectivity index (χ3v) is 6.67. The van der Waals surface area contributed by atoms with E-state index >= 15 is 0 Å². The second kappa shape index (κ2) is 8.54. The van der Waals surface area contributed by atoms with Gasteiger partial charge in [0.1, 0.15) is 0 Å². The zero-order chi connectivity index (χ0) is 19.4. The molecule has 0 saturated heterocycles. The molecular formula is C20H22BrNO4S. The molecule has 2 aromatic carbocycles. The van der Waals surface area contributed by atoms with Crippen LogP contribution in [-0.4, -0.2) is 27.5 Å². The van der Waals surface area contributed by atoms with Crippen molar-refractivity contribution in [3.05, 3.63) is 63.6 Å². The van der Waals surface area contributed by atoms with Crippen LogP contribution in [0.2, 0.25) is 0 Å². The highest BCUT2D eigenvalue weighted by Gasteiger charge is 2.25. The molecule has 5 nitrogen and oxygen atoms in total. The lowest BCUT2D eigenvalue weighted by Crippen LogP contribution is -2.28. The Morgan fingerprint density at radius 2 is 1.96 bits per heavy atom. The van der Waals surface area contributed by atoms with E-state index in [9.17, 15) is 13.2 Å². The van der Waals surface area contributed by atoms with E-state index in [-0.39, 0.29) is 23.2 Å². The molecule has 2 aromatic rings. The summed E-state index contributed by atoms with van der Waals surface area (Å²) < 4.78 is 33.5. The van der Waals surface area contributed by atoms with Gasteiger partial charge in [-0.3, -0.25) is 4.79 Å². The van der Waals surface area contributed by atoms with Crippen molar-refractivity contribution in [1.29, 1.82) is 0 Å². The van der Waals surface area contributed by atoms with Gasteiger partial charge >= 0.3 is 5.97 Å². The highest BCUT2D eigenvalue weighted by molar-refractivity contribution is 9.10. The fourth-order valence-electron chi connectivity index (χ4n) is 3.37. The standard InChI is InChI=1S/C20H22BrNO4S/c1-2-26-20(23)12-14-3-10-19-15(11-14)4-5-16(19)13-22-27(24,25)18-8-6-17(21)7-9-18/h3,6-11,16,22H,2,4-5,12-13H2,1H3. The van der Waals surface area contributed by atoms with E-state index in [1.165, 1.54) is 5.56 Å². The number of halogens is 1. The molecule has 3 rings (SSSR count). The van der Waals surface area contributed by atoms with Crippen molar-refractivity contribution in [1.82, 2.24) is 4.72 Å². The Labute approximate surface area is 168 Å². The number of rotatable bonds is 7. The van der Waals surface area contributed by atoms with Gasteiger partial charge in [-0.1, -0.05) is 34.1 Å². The first-order valence-corrected chi connectivity index (χ1v) is 11.2. The van der Waals surface area contributed by atoms with Gasteiger partial charge in [0.2, 0.25) is 10.0 Å². The van der Waals surface area contributed by atoms with Gasteiger partial charge < -0.3 is 4.74 Å². The van der Waals surface area contributed by atoms with Crippen molar-refractivity contribution in [2.45, 2.75) is 37.0 Å². The van der Waals surface area contributed by atoms with Crippen LogP contribution in [-0.2, 0) is 32.4 Å². The van der Waals surface area contributed by atoms with Gasteiger partial charge in [0.15, 0.2) is 0 Å². The lowest BCUT2D eigenvalue weighted by molar-refractivity contribution is -0.142. The maximum Gasteiger partial charge on any atom is 0.310 e. The Morgan fingerprint density at radius 1 is 1.22 bits per heavy atom. The second-order valence-electron chi connectivity index (χ2n) is 6.56. The Hall–Kier alpha value is -1.70. The first-order valence-electron chi connectivity index (χ1n) is 8.91. The third kappa shape index (κ3) is 4.97. The topological polar surface area (TPSA) is 72.5 Å². The van der Waals surface area contributed by atoms with E-state index in [2.05, 4.69) is 20.7 Å². The predicted molar refractivity (Wildman–Crippen MR) is 107 cm³/mol. The lowest BCUT2D eigenvalue weighted by atomic mass is 9.99. The van der Waals surface area contributed by atoms with Gasteiger partial charge in [-0.25, -0.2) is 13.1 Å². The first-order chi connectivity index (χ1) is 12.9. The zero-order valence-electron chi connectivity index (χ0n) is 15.1. The van der Waals surface area contributed by atoms with E-state index < -0.39 is 10.0 Å². The number of esters is 1. The summed E-state index contributed by atoms with van der Waals surface area (Å²) in [6, 6.07) is 12.6. The van der Waals surface area contributed by atoms with E-state index in [1.54, 1.807) is 31.2 Å². The number of fused-ring (bicyclic) bond motifs is 1. The van der Waals surface area contributed by atoms with E-state index in [1.807, 2.05) is 18.2 Å². The molecule has 0 radical (unpaired) electrons. The summed E-state index contributed by atoms with van der Waals surface area (Å²) in [5, 5.41) is 0. The summed E-state index contributed by atoms with van der Waals surface area (Å²) >= 11 is 3.31. The number of hydrogen-bond donors (Lipinski definition) is 1. The summed E-state index contributed by atoms with van der Waals surface area (Å²) in [7, 11) is -3.53. The average Bonchev–Trinajstić information content (AvgIpc) is 3.03. The summed E-state index contributed by atoms with van der Waals surface area (Å²) in [5.41, 5.74) is 3.27. The van der Waals surface area contributed by atoms with Crippen molar-refractivity contribution in [2.24, 2.45) is 0 Å². The number of sulfonamides is 1. The zero-order valence-corrected chi connectivity index (χ0v) is 17.5. The predicted octanol–water partition coefficient (Wildman–Crippen LogP) is 3.56. The van der Waals surface area contributed by atoms with Crippen LogP contribution in [0.15, 0.2) is 51.8 Å². The van der Waals surface area contributed by atoms with E-state index in [0.29, 0.717) is 13.2 Å². The van der Waals surface area contributed by atoms with Crippen LogP contribution in [0.5, 0.6) is 0 Å². The number of carbonyl (C=O) groups is 1. The molecule has 1 N–H and O–H groups in total. The molecule has 0 aliphatic heterocycles. The first kappa shape index (κ1) is 20.0. The maximum absolute atomic E-state index is 12.5. The number of nitrogens with one attached hydrogen (secondary N) is 1. The molecule has 1 unspecified atom stereocenters. The van der Waals surface area contributed by atoms with Crippen molar-refractivity contribution in [3.63, 3.8) is 0 Å². The van der Waals surface area contributed by atoms with Crippen LogP contribution in [0.3, 0.4) is 0 Å². The molecule has 0 spiro atoms. The molecule has 0 saturated carbocycles. The van der Waals surface area contributed by atoms with Crippen LogP contribution < -0.4 is 4.72 Å². The Bertz CT molecular complexity index is 925.